The maximum Gasteiger partial charge on any atom is 0.231 e. The average molecular weight is 333 g/mol. The summed E-state index contributed by atoms with van der Waals surface area (Å²) >= 11 is 12.0. The number of hydrogen-bond acceptors (Lipinski definition) is 3. The summed E-state index contributed by atoms with van der Waals surface area (Å²) in [5.41, 5.74) is 3.14. The smallest absolute Gasteiger partial charge is 0.231 e. The van der Waals surface area contributed by atoms with Crippen molar-refractivity contribution in [1.29, 1.82) is 0 Å². The lowest BCUT2D eigenvalue weighted by atomic mass is 10.1. The molecular formula is C17H10Cl2O3. The van der Waals surface area contributed by atoms with Crippen molar-refractivity contribution >= 4 is 35.1 Å². The molecule has 0 saturated carbocycles. The summed E-state index contributed by atoms with van der Waals surface area (Å²) < 4.78 is 10.7. The van der Waals surface area contributed by atoms with Gasteiger partial charge in [-0.15, -0.1) is 0 Å². The molecule has 1 aliphatic carbocycles. The van der Waals surface area contributed by atoms with Crippen molar-refractivity contribution < 1.29 is 14.3 Å². The molecule has 4 rings (SSSR count). The molecule has 110 valence electrons. The molecule has 2 aromatic carbocycles. The molecule has 1 heterocycles. The highest BCUT2D eigenvalue weighted by Gasteiger charge is 2.28. The van der Waals surface area contributed by atoms with Gasteiger partial charge in [0.2, 0.25) is 6.79 Å². The first-order chi connectivity index (χ1) is 10.6. The number of hydrogen-bond donors (Lipinski definition) is 0. The first kappa shape index (κ1) is 13.7. The Kier molecular flexibility index (Phi) is 3.13. The second kappa shape index (κ2) is 5.04. The molecule has 0 unspecified atom stereocenters. The van der Waals surface area contributed by atoms with E-state index in [-0.39, 0.29) is 12.6 Å². The molecule has 0 bridgehead atoms. The van der Waals surface area contributed by atoms with E-state index in [1.807, 2.05) is 12.1 Å². The molecule has 0 aromatic heterocycles. The SMILES string of the molecule is O=C1/C(=C/c2cc(Cl)cc(Cl)c2)Cc2cc3c(cc21)OCO3. The highest BCUT2D eigenvalue weighted by atomic mass is 35.5. The number of allylic oxidation sites excluding steroid dienone is 1. The van der Waals surface area contributed by atoms with Crippen molar-refractivity contribution in [1.82, 2.24) is 0 Å². The average Bonchev–Trinajstić information content (AvgIpc) is 3.01. The van der Waals surface area contributed by atoms with Crippen LogP contribution in [-0.4, -0.2) is 12.6 Å². The molecule has 3 nitrogen and oxygen atoms in total. The number of benzene rings is 2. The molecule has 0 spiro atoms. The van der Waals surface area contributed by atoms with Gasteiger partial charge in [-0.1, -0.05) is 23.2 Å². The van der Waals surface area contributed by atoms with Gasteiger partial charge < -0.3 is 9.47 Å². The molecule has 0 saturated heterocycles. The minimum absolute atomic E-state index is 0.00407. The van der Waals surface area contributed by atoms with Gasteiger partial charge in [-0.2, -0.15) is 0 Å². The number of rotatable bonds is 1. The summed E-state index contributed by atoms with van der Waals surface area (Å²) in [5, 5.41) is 1.09. The fraction of sp³-hybridized carbons (Fsp3) is 0.118. The van der Waals surface area contributed by atoms with Crippen molar-refractivity contribution in [2.45, 2.75) is 6.42 Å². The van der Waals surface area contributed by atoms with E-state index in [0.717, 1.165) is 11.1 Å². The van der Waals surface area contributed by atoms with E-state index in [2.05, 4.69) is 0 Å². The number of fused-ring (bicyclic) bond motifs is 2. The summed E-state index contributed by atoms with van der Waals surface area (Å²) in [4.78, 5) is 12.5. The van der Waals surface area contributed by atoms with Crippen LogP contribution in [0.2, 0.25) is 10.0 Å². The van der Waals surface area contributed by atoms with Crippen LogP contribution in [-0.2, 0) is 6.42 Å². The van der Waals surface area contributed by atoms with Gasteiger partial charge >= 0.3 is 0 Å². The van der Waals surface area contributed by atoms with E-state index in [1.54, 1.807) is 24.3 Å². The van der Waals surface area contributed by atoms with Gasteiger partial charge in [-0.3, -0.25) is 4.79 Å². The van der Waals surface area contributed by atoms with Crippen LogP contribution in [0, 0.1) is 0 Å². The second-order valence-electron chi connectivity index (χ2n) is 5.24. The molecule has 0 N–H and O–H groups in total. The topological polar surface area (TPSA) is 35.5 Å². The van der Waals surface area contributed by atoms with Crippen molar-refractivity contribution in [3.63, 3.8) is 0 Å². The van der Waals surface area contributed by atoms with Gasteiger partial charge in [0, 0.05) is 27.6 Å². The van der Waals surface area contributed by atoms with Gasteiger partial charge in [0.25, 0.3) is 0 Å². The maximum atomic E-state index is 12.5. The van der Waals surface area contributed by atoms with E-state index in [4.69, 9.17) is 32.7 Å². The molecular weight excluding hydrogens is 323 g/mol. The molecule has 0 amide bonds. The Hall–Kier alpha value is -1.97. The number of carbonyl (C=O) groups is 1. The number of carbonyl (C=O) groups excluding carboxylic acids is 1. The molecule has 0 atom stereocenters. The lowest BCUT2D eigenvalue weighted by Gasteiger charge is -1.99. The van der Waals surface area contributed by atoms with Crippen molar-refractivity contribution in [2.75, 3.05) is 6.79 Å². The number of ether oxygens (including phenoxy) is 2. The Balaban J connectivity index is 1.73. The van der Waals surface area contributed by atoms with E-state index in [0.29, 0.717) is 39.1 Å². The predicted octanol–water partition coefficient (Wildman–Crippen LogP) is 4.54. The Morgan fingerprint density at radius 3 is 2.36 bits per heavy atom. The molecule has 22 heavy (non-hydrogen) atoms. The van der Waals surface area contributed by atoms with Crippen LogP contribution in [0.1, 0.15) is 21.5 Å². The van der Waals surface area contributed by atoms with E-state index >= 15 is 0 Å². The Bertz CT molecular complexity index is 820. The van der Waals surface area contributed by atoms with Gasteiger partial charge in [0.15, 0.2) is 17.3 Å². The molecule has 1 aliphatic heterocycles. The zero-order valence-electron chi connectivity index (χ0n) is 11.4. The largest absolute Gasteiger partial charge is 0.454 e. The lowest BCUT2D eigenvalue weighted by Crippen LogP contribution is -1.96. The summed E-state index contributed by atoms with van der Waals surface area (Å²) in [6.45, 7) is 0.204. The fourth-order valence-electron chi connectivity index (χ4n) is 2.78. The Labute approximate surface area is 137 Å². The van der Waals surface area contributed by atoms with Crippen molar-refractivity contribution in [2.24, 2.45) is 0 Å². The Morgan fingerprint density at radius 1 is 0.955 bits per heavy atom. The summed E-state index contributed by atoms with van der Waals surface area (Å²) in [6, 6.07) is 8.86. The summed E-state index contributed by atoms with van der Waals surface area (Å²) in [6.07, 6.45) is 2.39. The van der Waals surface area contributed by atoms with Crippen molar-refractivity contribution in [3.8, 4) is 11.5 Å². The predicted molar refractivity (Wildman–Crippen MR) is 85.0 cm³/mol. The summed E-state index contributed by atoms with van der Waals surface area (Å²) in [7, 11) is 0. The fourth-order valence-corrected chi connectivity index (χ4v) is 3.32. The third-order valence-electron chi connectivity index (χ3n) is 3.74. The van der Waals surface area contributed by atoms with Crippen LogP contribution in [0.25, 0.3) is 6.08 Å². The minimum atomic E-state index is 0.00407. The Morgan fingerprint density at radius 2 is 1.64 bits per heavy atom. The van der Waals surface area contributed by atoms with Crippen LogP contribution in [0.15, 0.2) is 35.9 Å². The van der Waals surface area contributed by atoms with Crippen molar-refractivity contribution in [3.05, 3.63) is 62.6 Å². The molecule has 5 heteroatoms. The second-order valence-corrected chi connectivity index (χ2v) is 6.11. The third-order valence-corrected chi connectivity index (χ3v) is 4.18. The van der Waals surface area contributed by atoms with Crippen LogP contribution < -0.4 is 9.47 Å². The van der Waals surface area contributed by atoms with Crippen LogP contribution >= 0.6 is 23.2 Å². The first-order valence-electron chi connectivity index (χ1n) is 6.74. The van der Waals surface area contributed by atoms with Gasteiger partial charge in [-0.25, -0.2) is 0 Å². The number of Topliss-reactive ketones (excluding diaryl/α,β-unsaturated/α-hetero) is 1. The van der Waals surface area contributed by atoms with Gasteiger partial charge in [-0.05, 0) is 47.5 Å². The maximum absolute atomic E-state index is 12.5. The lowest BCUT2D eigenvalue weighted by molar-refractivity contribution is 0.104. The molecule has 0 fully saturated rings. The zero-order valence-corrected chi connectivity index (χ0v) is 12.9. The van der Waals surface area contributed by atoms with E-state index in [1.165, 1.54) is 0 Å². The van der Waals surface area contributed by atoms with E-state index < -0.39 is 0 Å². The standard InChI is InChI=1S/C17H10Cl2O3/c18-12-2-9(3-13(19)6-12)1-11-4-10-5-15-16(22-8-21-15)7-14(10)17(11)20/h1-3,5-7H,4,8H2/b11-1+. The van der Waals surface area contributed by atoms with Crippen LogP contribution in [0.5, 0.6) is 11.5 Å². The molecule has 0 radical (unpaired) electrons. The normalized spacial score (nSPS) is 17.2. The van der Waals surface area contributed by atoms with E-state index in [9.17, 15) is 4.79 Å². The summed E-state index contributed by atoms with van der Waals surface area (Å²) in [5.74, 6) is 1.32. The third kappa shape index (κ3) is 2.27. The van der Waals surface area contributed by atoms with Crippen LogP contribution in [0.3, 0.4) is 0 Å². The highest BCUT2D eigenvalue weighted by molar-refractivity contribution is 6.34. The minimum Gasteiger partial charge on any atom is -0.454 e. The highest BCUT2D eigenvalue weighted by Crippen LogP contribution is 2.39. The van der Waals surface area contributed by atoms with Crippen LogP contribution in [0.4, 0.5) is 0 Å². The first-order valence-corrected chi connectivity index (χ1v) is 7.49. The molecule has 2 aliphatic rings. The molecule has 2 aromatic rings. The zero-order chi connectivity index (χ0) is 15.3. The van der Waals surface area contributed by atoms with Gasteiger partial charge in [0.1, 0.15) is 0 Å². The number of ketones is 1. The quantitative estimate of drug-likeness (QED) is 0.719. The van der Waals surface area contributed by atoms with Gasteiger partial charge in [0.05, 0.1) is 0 Å². The number of halogens is 2. The monoisotopic (exact) mass is 332 g/mol.